The van der Waals surface area contributed by atoms with Crippen molar-refractivity contribution in [2.75, 3.05) is 0 Å². The van der Waals surface area contributed by atoms with Crippen LogP contribution in [0.25, 0.3) is 105 Å². The van der Waals surface area contributed by atoms with E-state index in [4.69, 9.17) is 15.0 Å². The van der Waals surface area contributed by atoms with Crippen molar-refractivity contribution in [1.82, 2.24) is 19.5 Å². The average Bonchev–Trinajstić information content (AvgIpc) is 3.62. The summed E-state index contributed by atoms with van der Waals surface area (Å²) in [6, 6.07) is 73.0. The summed E-state index contributed by atoms with van der Waals surface area (Å²) in [5, 5.41) is 7.38. The van der Waals surface area contributed by atoms with Gasteiger partial charge in [0.15, 0.2) is 17.5 Å². The summed E-state index contributed by atoms with van der Waals surface area (Å²) in [6.07, 6.45) is 0. The first kappa shape index (κ1) is 32.7. The van der Waals surface area contributed by atoms with Crippen LogP contribution in [-0.4, -0.2) is 19.5 Å². The van der Waals surface area contributed by atoms with Gasteiger partial charge in [0.25, 0.3) is 0 Å². The molecular formula is C53H34N4. The first-order chi connectivity index (χ1) is 28.2. The molecule has 0 radical (unpaired) electrons. The lowest BCUT2D eigenvalue weighted by Crippen LogP contribution is -2.02. The molecular weight excluding hydrogens is 693 g/mol. The van der Waals surface area contributed by atoms with Gasteiger partial charge in [0, 0.05) is 33.0 Å². The first-order valence-corrected chi connectivity index (χ1v) is 19.3. The van der Waals surface area contributed by atoms with Crippen LogP contribution in [0.1, 0.15) is 0 Å². The van der Waals surface area contributed by atoms with Crippen LogP contribution in [-0.2, 0) is 0 Å². The van der Waals surface area contributed by atoms with E-state index in [-0.39, 0.29) is 0 Å². The first-order valence-electron chi connectivity index (χ1n) is 19.3. The fraction of sp³-hybridized carbons (Fsp3) is 0. The molecule has 266 valence electrons. The Balaban J connectivity index is 1.19. The molecule has 0 fully saturated rings. The van der Waals surface area contributed by atoms with Crippen LogP contribution in [0.4, 0.5) is 0 Å². The molecule has 2 heterocycles. The second-order valence-electron chi connectivity index (χ2n) is 14.4. The van der Waals surface area contributed by atoms with Gasteiger partial charge >= 0.3 is 0 Å². The lowest BCUT2D eigenvalue weighted by atomic mass is 9.97. The summed E-state index contributed by atoms with van der Waals surface area (Å²) in [5.74, 6) is 1.90. The molecule has 57 heavy (non-hydrogen) atoms. The summed E-state index contributed by atoms with van der Waals surface area (Å²) < 4.78 is 2.45. The van der Waals surface area contributed by atoms with Gasteiger partial charge in [-0.3, -0.25) is 0 Å². The Morgan fingerprint density at radius 2 is 0.789 bits per heavy atom. The van der Waals surface area contributed by atoms with Gasteiger partial charge in [-0.05, 0) is 74.6 Å². The Bertz CT molecular complexity index is 3200. The normalized spacial score (nSPS) is 11.5. The SMILES string of the molecule is c1ccc(-c2ccc(-c3cc(-c4nc(-c5ccccc5)nc(-c5ccccc5)n4)ccc3-n3c4cc5ccccc5cc4c4c5ccccc5ccc43)cc2)cc1. The molecule has 0 aliphatic rings. The Labute approximate surface area is 330 Å². The molecule has 0 unspecified atom stereocenters. The predicted octanol–water partition coefficient (Wildman–Crippen LogP) is 13.6. The van der Waals surface area contributed by atoms with Crippen molar-refractivity contribution in [1.29, 1.82) is 0 Å². The summed E-state index contributed by atoms with van der Waals surface area (Å²) >= 11 is 0. The number of benzene rings is 9. The highest BCUT2D eigenvalue weighted by molar-refractivity contribution is 6.23. The van der Waals surface area contributed by atoms with E-state index < -0.39 is 0 Å². The summed E-state index contributed by atoms with van der Waals surface area (Å²) in [5.41, 5.74) is 10.7. The second-order valence-corrected chi connectivity index (χ2v) is 14.4. The van der Waals surface area contributed by atoms with E-state index in [0.717, 1.165) is 44.5 Å². The van der Waals surface area contributed by atoms with Crippen molar-refractivity contribution in [3.63, 3.8) is 0 Å². The Morgan fingerprint density at radius 3 is 1.44 bits per heavy atom. The van der Waals surface area contributed by atoms with Crippen LogP contribution >= 0.6 is 0 Å². The van der Waals surface area contributed by atoms with Crippen LogP contribution < -0.4 is 0 Å². The van der Waals surface area contributed by atoms with Gasteiger partial charge in [-0.2, -0.15) is 0 Å². The van der Waals surface area contributed by atoms with Gasteiger partial charge < -0.3 is 4.57 Å². The van der Waals surface area contributed by atoms with Gasteiger partial charge in [0.05, 0.1) is 16.7 Å². The van der Waals surface area contributed by atoms with Crippen LogP contribution in [0.3, 0.4) is 0 Å². The van der Waals surface area contributed by atoms with Crippen molar-refractivity contribution in [3.8, 4) is 62.1 Å². The molecule has 9 aromatic carbocycles. The lowest BCUT2D eigenvalue weighted by molar-refractivity contribution is 1.07. The number of rotatable bonds is 6. The Hall–Kier alpha value is -7.69. The molecule has 0 N–H and O–H groups in total. The minimum Gasteiger partial charge on any atom is -0.309 e. The average molecular weight is 727 g/mol. The molecule has 11 rings (SSSR count). The van der Waals surface area contributed by atoms with Crippen molar-refractivity contribution >= 4 is 43.4 Å². The van der Waals surface area contributed by atoms with E-state index in [1.54, 1.807) is 0 Å². The van der Waals surface area contributed by atoms with Gasteiger partial charge in [-0.1, -0.05) is 170 Å². The number of fused-ring (bicyclic) bond motifs is 6. The third kappa shape index (κ3) is 5.74. The molecule has 11 aromatic rings. The van der Waals surface area contributed by atoms with Crippen molar-refractivity contribution in [2.24, 2.45) is 0 Å². The van der Waals surface area contributed by atoms with E-state index in [1.807, 2.05) is 60.7 Å². The maximum atomic E-state index is 5.12. The van der Waals surface area contributed by atoms with Crippen molar-refractivity contribution < 1.29 is 0 Å². The van der Waals surface area contributed by atoms with Crippen LogP contribution in [0.15, 0.2) is 206 Å². The van der Waals surface area contributed by atoms with Crippen LogP contribution in [0.5, 0.6) is 0 Å². The predicted molar refractivity (Wildman–Crippen MR) is 236 cm³/mol. The summed E-state index contributed by atoms with van der Waals surface area (Å²) in [6.45, 7) is 0. The zero-order valence-corrected chi connectivity index (χ0v) is 30.9. The van der Waals surface area contributed by atoms with Gasteiger partial charge in [-0.25, -0.2) is 15.0 Å². The number of hydrogen-bond acceptors (Lipinski definition) is 3. The van der Waals surface area contributed by atoms with Crippen LogP contribution in [0.2, 0.25) is 0 Å². The molecule has 0 bridgehead atoms. The number of hydrogen-bond donors (Lipinski definition) is 0. The van der Waals surface area contributed by atoms with E-state index in [2.05, 4.69) is 150 Å². The number of aromatic nitrogens is 4. The Morgan fingerprint density at radius 1 is 0.298 bits per heavy atom. The van der Waals surface area contributed by atoms with Crippen molar-refractivity contribution in [2.45, 2.75) is 0 Å². The van der Waals surface area contributed by atoms with Crippen LogP contribution in [0, 0.1) is 0 Å². The second kappa shape index (κ2) is 13.6. The monoisotopic (exact) mass is 726 g/mol. The minimum atomic E-state index is 0.621. The third-order valence-corrected chi connectivity index (χ3v) is 11.0. The molecule has 2 aromatic heterocycles. The smallest absolute Gasteiger partial charge is 0.164 e. The molecule has 0 aliphatic heterocycles. The maximum absolute atomic E-state index is 5.12. The lowest BCUT2D eigenvalue weighted by Gasteiger charge is -2.17. The summed E-state index contributed by atoms with van der Waals surface area (Å²) in [4.78, 5) is 15.2. The largest absolute Gasteiger partial charge is 0.309 e. The topological polar surface area (TPSA) is 43.6 Å². The fourth-order valence-corrected chi connectivity index (χ4v) is 8.24. The molecule has 4 heteroatoms. The van der Waals surface area contributed by atoms with E-state index in [0.29, 0.717) is 17.5 Å². The van der Waals surface area contributed by atoms with E-state index in [9.17, 15) is 0 Å². The van der Waals surface area contributed by atoms with Gasteiger partial charge in [-0.15, -0.1) is 0 Å². The molecule has 0 atom stereocenters. The number of nitrogens with zero attached hydrogens (tertiary/aromatic N) is 4. The molecule has 4 nitrogen and oxygen atoms in total. The molecule has 0 aliphatic carbocycles. The highest BCUT2D eigenvalue weighted by Gasteiger charge is 2.20. The standard InChI is InChI=1S/C53H34N4/c1-4-14-35(15-5-1)36-24-26-38(27-25-36)45-33-43(53-55-51(39-17-6-2-7-18-39)54-52(56-53)40-19-8-3-9-20-40)29-30-47(45)57-48-31-28-37-16-12-13-23-44(37)50(48)46-32-41-21-10-11-22-42(41)34-49(46)57/h1-34H. The third-order valence-electron chi connectivity index (χ3n) is 11.0. The quantitative estimate of drug-likeness (QED) is 0.171. The minimum absolute atomic E-state index is 0.621. The summed E-state index contributed by atoms with van der Waals surface area (Å²) in [7, 11) is 0. The van der Waals surface area contributed by atoms with E-state index in [1.165, 1.54) is 43.4 Å². The Kier molecular flexibility index (Phi) is 7.78. The molecule has 0 saturated heterocycles. The van der Waals surface area contributed by atoms with E-state index >= 15 is 0 Å². The molecule has 0 saturated carbocycles. The molecule has 0 spiro atoms. The zero-order chi connectivity index (χ0) is 37.7. The van der Waals surface area contributed by atoms with Crippen molar-refractivity contribution in [3.05, 3.63) is 206 Å². The molecule has 0 amide bonds. The fourth-order valence-electron chi connectivity index (χ4n) is 8.24. The zero-order valence-electron chi connectivity index (χ0n) is 30.9. The van der Waals surface area contributed by atoms with Gasteiger partial charge in [0.1, 0.15) is 0 Å². The highest BCUT2D eigenvalue weighted by atomic mass is 15.0. The maximum Gasteiger partial charge on any atom is 0.164 e. The van der Waals surface area contributed by atoms with Gasteiger partial charge in [0.2, 0.25) is 0 Å². The highest BCUT2D eigenvalue weighted by Crippen LogP contribution is 2.42.